The number of esters is 1. The molecule has 0 spiro atoms. The van der Waals surface area contributed by atoms with Crippen molar-refractivity contribution in [3.8, 4) is 5.69 Å². The number of carbonyl (C=O) groups is 2. The third-order valence-corrected chi connectivity index (χ3v) is 5.06. The smallest absolute Gasteiger partial charge is 0.361 e. The fraction of sp³-hybridized carbons (Fsp3) is 0.273. The van der Waals surface area contributed by atoms with Gasteiger partial charge in [0.1, 0.15) is 0 Å². The van der Waals surface area contributed by atoms with Crippen molar-refractivity contribution in [2.45, 2.75) is 27.2 Å². The first-order chi connectivity index (χ1) is 13.9. The van der Waals surface area contributed by atoms with E-state index in [0.29, 0.717) is 12.2 Å². The van der Waals surface area contributed by atoms with E-state index in [1.54, 1.807) is 11.8 Å². The Bertz CT molecular complexity index is 1100. The third-order valence-electron chi connectivity index (χ3n) is 5.06. The zero-order valence-electron chi connectivity index (χ0n) is 16.7. The minimum absolute atomic E-state index is 0.111. The first kappa shape index (κ1) is 18.9. The van der Waals surface area contributed by atoms with Crippen molar-refractivity contribution < 1.29 is 14.3 Å². The van der Waals surface area contributed by atoms with Crippen LogP contribution in [0.3, 0.4) is 0 Å². The van der Waals surface area contributed by atoms with Crippen molar-refractivity contribution in [2.24, 2.45) is 0 Å². The second-order valence-corrected chi connectivity index (χ2v) is 7.21. The summed E-state index contributed by atoms with van der Waals surface area (Å²) in [5.41, 5.74) is 5.50. The normalized spacial score (nSPS) is 12.7. The molecule has 0 fully saturated rings. The fourth-order valence-electron chi connectivity index (χ4n) is 3.58. The average Bonchev–Trinajstić information content (AvgIpc) is 3.29. The Morgan fingerprint density at radius 2 is 1.83 bits per heavy atom. The number of ether oxygens (including phenoxy) is 1. The first-order valence-corrected chi connectivity index (χ1v) is 9.51. The van der Waals surface area contributed by atoms with E-state index in [1.165, 1.54) is 4.80 Å². The molecule has 0 N–H and O–H groups in total. The van der Waals surface area contributed by atoms with E-state index in [4.69, 9.17) is 4.74 Å². The van der Waals surface area contributed by atoms with E-state index in [2.05, 4.69) is 10.2 Å². The van der Waals surface area contributed by atoms with E-state index in [0.717, 1.165) is 34.5 Å². The second kappa shape index (κ2) is 7.50. The summed E-state index contributed by atoms with van der Waals surface area (Å²) in [5.74, 6) is -0.901. The number of para-hydroxylation sites is 1. The molecule has 0 bridgehead atoms. The van der Waals surface area contributed by atoms with Gasteiger partial charge in [0.15, 0.2) is 12.3 Å². The SMILES string of the molecule is Cc1ccc(-n2nc(C)c(C(=O)OCC(=O)N3CCc4ccccc43)n2)c(C)c1. The van der Waals surface area contributed by atoms with Crippen molar-refractivity contribution >= 4 is 17.6 Å². The van der Waals surface area contributed by atoms with Gasteiger partial charge in [-0.25, -0.2) is 4.79 Å². The molecule has 1 amide bonds. The maximum Gasteiger partial charge on any atom is 0.361 e. The molecule has 1 aliphatic heterocycles. The zero-order chi connectivity index (χ0) is 20.5. The second-order valence-electron chi connectivity index (χ2n) is 7.21. The van der Waals surface area contributed by atoms with Gasteiger partial charge in [-0.15, -0.1) is 5.10 Å². The predicted octanol–water partition coefficient (Wildman–Crippen LogP) is 2.94. The monoisotopic (exact) mass is 390 g/mol. The van der Waals surface area contributed by atoms with Crippen LogP contribution >= 0.6 is 0 Å². The predicted molar refractivity (Wildman–Crippen MR) is 108 cm³/mol. The van der Waals surface area contributed by atoms with E-state index in [9.17, 15) is 9.59 Å². The minimum atomic E-state index is -0.653. The Kier molecular flexibility index (Phi) is 4.88. The van der Waals surface area contributed by atoms with Crippen molar-refractivity contribution in [3.63, 3.8) is 0 Å². The molecule has 148 valence electrons. The van der Waals surface area contributed by atoms with Gasteiger partial charge in [0.05, 0.1) is 11.4 Å². The van der Waals surface area contributed by atoms with E-state index >= 15 is 0 Å². The van der Waals surface area contributed by atoms with Gasteiger partial charge in [0.25, 0.3) is 5.91 Å². The van der Waals surface area contributed by atoms with Crippen LogP contribution in [0.25, 0.3) is 5.69 Å². The quantitative estimate of drug-likeness (QED) is 0.640. The highest BCUT2D eigenvalue weighted by Gasteiger charge is 2.26. The molecule has 1 aromatic heterocycles. The summed E-state index contributed by atoms with van der Waals surface area (Å²) in [5, 5.41) is 8.62. The molecular weight excluding hydrogens is 368 g/mol. The first-order valence-electron chi connectivity index (χ1n) is 9.51. The molecule has 1 aliphatic rings. The van der Waals surface area contributed by atoms with Crippen molar-refractivity contribution in [1.29, 1.82) is 0 Å². The van der Waals surface area contributed by atoms with Crippen LogP contribution in [0.2, 0.25) is 0 Å². The van der Waals surface area contributed by atoms with Crippen LogP contribution < -0.4 is 4.90 Å². The molecule has 2 heterocycles. The number of anilines is 1. The van der Waals surface area contributed by atoms with Gasteiger partial charge in [-0.3, -0.25) is 4.79 Å². The Labute approximate surface area is 168 Å². The molecule has 29 heavy (non-hydrogen) atoms. The van der Waals surface area contributed by atoms with Crippen molar-refractivity contribution in [1.82, 2.24) is 15.0 Å². The summed E-state index contributed by atoms with van der Waals surface area (Å²) in [6.45, 7) is 5.94. The summed E-state index contributed by atoms with van der Waals surface area (Å²) in [6, 6.07) is 13.7. The van der Waals surface area contributed by atoms with E-state index in [1.807, 2.05) is 56.3 Å². The maximum atomic E-state index is 12.5. The lowest BCUT2D eigenvalue weighted by Crippen LogP contribution is -2.33. The van der Waals surface area contributed by atoms with Crippen LogP contribution in [0.5, 0.6) is 0 Å². The topological polar surface area (TPSA) is 77.3 Å². The van der Waals surface area contributed by atoms with Crippen molar-refractivity contribution in [3.05, 3.63) is 70.5 Å². The molecular formula is C22H22N4O3. The summed E-state index contributed by atoms with van der Waals surface area (Å²) in [6.07, 6.45) is 0.805. The van der Waals surface area contributed by atoms with Gasteiger partial charge in [0, 0.05) is 12.2 Å². The largest absolute Gasteiger partial charge is 0.451 e. The van der Waals surface area contributed by atoms with Crippen LogP contribution in [-0.4, -0.2) is 40.0 Å². The molecule has 0 unspecified atom stereocenters. The summed E-state index contributed by atoms with van der Waals surface area (Å²) < 4.78 is 5.25. The molecule has 4 rings (SSSR count). The molecule has 3 aromatic rings. The Hall–Kier alpha value is -3.48. The number of fused-ring (bicyclic) bond motifs is 1. The molecule has 7 heteroatoms. The molecule has 0 atom stereocenters. The molecule has 0 saturated carbocycles. The summed E-state index contributed by atoms with van der Waals surface area (Å²) >= 11 is 0. The molecule has 0 radical (unpaired) electrons. The number of amides is 1. The Morgan fingerprint density at radius 3 is 2.62 bits per heavy atom. The van der Waals surface area contributed by atoms with Crippen molar-refractivity contribution in [2.75, 3.05) is 18.1 Å². The lowest BCUT2D eigenvalue weighted by molar-refractivity contribution is -0.121. The van der Waals surface area contributed by atoms with Gasteiger partial charge in [-0.2, -0.15) is 9.90 Å². The fourth-order valence-corrected chi connectivity index (χ4v) is 3.58. The number of benzene rings is 2. The third kappa shape index (κ3) is 3.63. The zero-order valence-corrected chi connectivity index (χ0v) is 16.7. The number of carbonyl (C=O) groups excluding carboxylic acids is 2. The van der Waals surface area contributed by atoms with Gasteiger partial charge in [0.2, 0.25) is 0 Å². The number of hydrogen-bond acceptors (Lipinski definition) is 5. The standard InChI is InChI=1S/C22H22N4O3/c1-14-8-9-18(15(2)12-14)26-23-16(3)21(24-26)22(28)29-13-20(27)25-11-10-17-6-4-5-7-19(17)25/h4-9,12H,10-11,13H2,1-3H3. The van der Waals surface area contributed by atoms with Gasteiger partial charge >= 0.3 is 5.97 Å². The van der Waals surface area contributed by atoms with Crippen LogP contribution in [0.15, 0.2) is 42.5 Å². The number of hydrogen-bond donors (Lipinski definition) is 0. The number of nitrogens with zero attached hydrogens (tertiary/aromatic N) is 4. The highest BCUT2D eigenvalue weighted by atomic mass is 16.5. The van der Waals surface area contributed by atoms with Crippen LogP contribution in [0, 0.1) is 20.8 Å². The van der Waals surface area contributed by atoms with Crippen LogP contribution in [-0.2, 0) is 16.0 Å². The van der Waals surface area contributed by atoms with Crippen LogP contribution in [0.4, 0.5) is 5.69 Å². The lowest BCUT2D eigenvalue weighted by Gasteiger charge is -2.16. The number of aromatic nitrogens is 3. The Balaban J connectivity index is 1.45. The van der Waals surface area contributed by atoms with E-state index < -0.39 is 5.97 Å². The number of rotatable bonds is 4. The lowest BCUT2D eigenvalue weighted by atomic mass is 10.1. The Morgan fingerprint density at radius 1 is 1.03 bits per heavy atom. The van der Waals surface area contributed by atoms with Gasteiger partial charge in [-0.05, 0) is 50.5 Å². The minimum Gasteiger partial charge on any atom is -0.451 e. The van der Waals surface area contributed by atoms with Gasteiger partial charge < -0.3 is 9.64 Å². The molecule has 0 saturated heterocycles. The highest BCUT2D eigenvalue weighted by Crippen LogP contribution is 2.27. The maximum absolute atomic E-state index is 12.5. The van der Waals surface area contributed by atoms with Gasteiger partial charge in [-0.1, -0.05) is 35.9 Å². The average molecular weight is 390 g/mol. The molecule has 0 aliphatic carbocycles. The summed E-state index contributed by atoms with van der Waals surface area (Å²) in [4.78, 5) is 28.1. The molecule has 7 nitrogen and oxygen atoms in total. The van der Waals surface area contributed by atoms with Crippen LogP contribution in [0.1, 0.15) is 32.9 Å². The number of aryl methyl sites for hydroxylation is 3. The highest BCUT2D eigenvalue weighted by molar-refractivity contribution is 5.98. The molecule has 2 aromatic carbocycles. The summed E-state index contributed by atoms with van der Waals surface area (Å²) in [7, 11) is 0. The van der Waals surface area contributed by atoms with E-state index in [-0.39, 0.29) is 18.2 Å².